The highest BCUT2D eigenvalue weighted by Crippen LogP contribution is 2.34. The van der Waals surface area contributed by atoms with Crippen molar-refractivity contribution in [3.05, 3.63) is 41.1 Å². The molecule has 0 bridgehead atoms. The Bertz CT molecular complexity index is 452. The molecule has 1 N–H and O–H groups in total. The fraction of sp³-hybridized carbons (Fsp3) is 0.467. The molecule has 0 amide bonds. The molecule has 1 heterocycles. The fourth-order valence-electron chi connectivity index (χ4n) is 1.52. The van der Waals surface area contributed by atoms with E-state index < -0.39 is 7.14 Å². The topological polar surface area (TPSA) is 29.1 Å². The van der Waals surface area contributed by atoms with Crippen LogP contribution in [-0.4, -0.2) is 19.5 Å². The van der Waals surface area contributed by atoms with Crippen molar-refractivity contribution in [2.75, 3.05) is 24.8 Å². The highest BCUT2D eigenvalue weighted by atomic mass is 31.2. The lowest BCUT2D eigenvalue weighted by Crippen LogP contribution is -2.08. The SMILES string of the molecule is CC1=C(C)Nc2ccccc2C1.CCP(C)(C)=O. The van der Waals surface area contributed by atoms with Crippen LogP contribution in [0, 0.1) is 0 Å². The second kappa shape index (κ2) is 6.24. The number of hydrogen-bond donors (Lipinski definition) is 1. The van der Waals surface area contributed by atoms with Crippen molar-refractivity contribution in [3.8, 4) is 0 Å². The van der Waals surface area contributed by atoms with Gasteiger partial charge in [-0.2, -0.15) is 0 Å². The molecule has 1 aliphatic rings. The van der Waals surface area contributed by atoms with Crippen LogP contribution in [0.5, 0.6) is 0 Å². The Morgan fingerprint density at radius 1 is 1.22 bits per heavy atom. The van der Waals surface area contributed by atoms with Crippen LogP contribution in [0.1, 0.15) is 26.3 Å². The standard InChI is InChI=1S/C11H13N.C4H11OP/c1-8-7-10-5-3-4-6-11(10)12-9(8)2;1-4-6(2,3)5/h3-6,12H,7H2,1-2H3;4H2,1-3H3. The molecule has 0 fully saturated rings. The van der Waals surface area contributed by atoms with Crippen LogP contribution >= 0.6 is 7.14 Å². The highest BCUT2D eigenvalue weighted by molar-refractivity contribution is 7.62. The van der Waals surface area contributed by atoms with E-state index in [4.69, 9.17) is 0 Å². The Hall–Kier alpha value is -1.01. The number of fused-ring (bicyclic) bond motifs is 1. The van der Waals surface area contributed by atoms with Crippen LogP contribution in [0.15, 0.2) is 35.5 Å². The van der Waals surface area contributed by atoms with Crippen molar-refractivity contribution in [1.29, 1.82) is 0 Å². The lowest BCUT2D eigenvalue weighted by atomic mass is 9.99. The summed E-state index contributed by atoms with van der Waals surface area (Å²) in [5.41, 5.74) is 5.41. The lowest BCUT2D eigenvalue weighted by molar-refractivity contribution is 0.583. The van der Waals surface area contributed by atoms with E-state index in [-0.39, 0.29) is 0 Å². The van der Waals surface area contributed by atoms with Crippen molar-refractivity contribution < 1.29 is 4.57 Å². The maximum Gasteiger partial charge on any atom is 0.0816 e. The van der Waals surface area contributed by atoms with Crippen molar-refractivity contribution in [1.82, 2.24) is 0 Å². The molecular weight excluding hydrogens is 241 g/mol. The van der Waals surface area contributed by atoms with E-state index in [1.165, 1.54) is 22.5 Å². The molecule has 3 heteroatoms. The van der Waals surface area contributed by atoms with Crippen LogP contribution in [0.2, 0.25) is 0 Å². The van der Waals surface area contributed by atoms with Crippen LogP contribution in [0.25, 0.3) is 0 Å². The highest BCUT2D eigenvalue weighted by Gasteiger charge is 2.09. The zero-order valence-corrected chi connectivity index (χ0v) is 13.0. The number of anilines is 1. The van der Waals surface area contributed by atoms with E-state index in [9.17, 15) is 4.57 Å². The van der Waals surface area contributed by atoms with Crippen LogP contribution < -0.4 is 5.32 Å². The summed E-state index contributed by atoms with van der Waals surface area (Å²) < 4.78 is 10.6. The monoisotopic (exact) mass is 265 g/mol. The Morgan fingerprint density at radius 3 is 2.33 bits per heavy atom. The van der Waals surface area contributed by atoms with Crippen molar-refractivity contribution in [3.63, 3.8) is 0 Å². The molecule has 0 spiro atoms. The van der Waals surface area contributed by atoms with Gasteiger partial charge < -0.3 is 9.88 Å². The molecule has 0 aromatic heterocycles. The molecule has 0 saturated heterocycles. The third kappa shape index (κ3) is 4.70. The number of nitrogens with one attached hydrogen (secondary N) is 1. The summed E-state index contributed by atoms with van der Waals surface area (Å²) in [6.07, 6.45) is 1.92. The Kier molecular flexibility index (Phi) is 5.22. The fourth-order valence-corrected chi connectivity index (χ4v) is 1.52. The molecule has 1 aliphatic heterocycles. The number of para-hydroxylation sites is 1. The first kappa shape index (κ1) is 15.0. The molecule has 1 aromatic carbocycles. The summed E-state index contributed by atoms with van der Waals surface area (Å²) in [5.74, 6) is 0. The van der Waals surface area contributed by atoms with Gasteiger partial charge in [0, 0.05) is 11.4 Å². The van der Waals surface area contributed by atoms with Gasteiger partial charge in [-0.25, -0.2) is 0 Å². The summed E-state index contributed by atoms with van der Waals surface area (Å²) in [6, 6.07) is 8.47. The predicted octanol–water partition coefficient (Wildman–Crippen LogP) is 4.58. The Balaban J connectivity index is 0.000000232. The van der Waals surface area contributed by atoms with Crippen molar-refractivity contribution >= 4 is 12.8 Å². The Labute approximate surface area is 111 Å². The molecule has 0 radical (unpaired) electrons. The predicted molar refractivity (Wildman–Crippen MR) is 82.1 cm³/mol. The Morgan fingerprint density at radius 2 is 1.78 bits per heavy atom. The molecule has 0 unspecified atom stereocenters. The summed E-state index contributed by atoms with van der Waals surface area (Å²) in [5, 5.41) is 3.39. The van der Waals surface area contributed by atoms with Crippen LogP contribution in [0.3, 0.4) is 0 Å². The summed E-state index contributed by atoms with van der Waals surface area (Å²) in [6.45, 7) is 9.85. The zero-order valence-electron chi connectivity index (χ0n) is 12.1. The number of hydrogen-bond acceptors (Lipinski definition) is 2. The molecule has 2 nitrogen and oxygen atoms in total. The molecule has 1 aromatic rings. The van der Waals surface area contributed by atoms with E-state index in [1.54, 1.807) is 13.3 Å². The van der Waals surface area contributed by atoms with Gasteiger partial charge in [-0.05, 0) is 57.0 Å². The molecule has 2 rings (SSSR count). The molecule has 100 valence electrons. The van der Waals surface area contributed by atoms with Gasteiger partial charge in [0.2, 0.25) is 0 Å². The average molecular weight is 265 g/mol. The minimum absolute atomic E-state index is 0.826. The minimum Gasteiger partial charge on any atom is -0.359 e. The zero-order chi connectivity index (χ0) is 13.8. The first-order valence-corrected chi connectivity index (χ1v) is 9.17. The van der Waals surface area contributed by atoms with E-state index >= 15 is 0 Å². The third-order valence-electron chi connectivity index (χ3n) is 3.20. The van der Waals surface area contributed by atoms with Crippen molar-refractivity contribution in [2.24, 2.45) is 0 Å². The van der Waals surface area contributed by atoms with Gasteiger partial charge in [0.1, 0.15) is 0 Å². The quantitative estimate of drug-likeness (QED) is 0.753. The van der Waals surface area contributed by atoms with E-state index in [1.807, 2.05) is 6.92 Å². The van der Waals surface area contributed by atoms with E-state index in [0.29, 0.717) is 0 Å². The lowest BCUT2D eigenvalue weighted by Gasteiger charge is -2.20. The third-order valence-corrected chi connectivity index (χ3v) is 4.72. The summed E-state index contributed by atoms with van der Waals surface area (Å²) in [4.78, 5) is 0. The second-order valence-electron chi connectivity index (χ2n) is 5.25. The van der Waals surface area contributed by atoms with Gasteiger partial charge in [0.05, 0.1) is 7.14 Å². The smallest absolute Gasteiger partial charge is 0.0816 e. The van der Waals surface area contributed by atoms with Gasteiger partial charge in [0.15, 0.2) is 0 Å². The molecule has 0 aliphatic carbocycles. The second-order valence-corrected chi connectivity index (χ2v) is 9.03. The minimum atomic E-state index is -1.65. The average Bonchev–Trinajstić information content (AvgIpc) is 2.30. The van der Waals surface area contributed by atoms with E-state index in [2.05, 4.69) is 43.4 Å². The first-order valence-electron chi connectivity index (χ1n) is 6.38. The summed E-state index contributed by atoms with van der Waals surface area (Å²) >= 11 is 0. The molecule has 0 saturated carbocycles. The maximum atomic E-state index is 10.6. The van der Waals surface area contributed by atoms with Gasteiger partial charge in [0.25, 0.3) is 0 Å². The van der Waals surface area contributed by atoms with Gasteiger partial charge in [-0.15, -0.1) is 0 Å². The number of rotatable bonds is 1. The first-order chi connectivity index (χ1) is 8.33. The van der Waals surface area contributed by atoms with Gasteiger partial charge in [-0.1, -0.05) is 25.1 Å². The van der Waals surface area contributed by atoms with Crippen LogP contribution in [-0.2, 0) is 11.0 Å². The number of benzene rings is 1. The van der Waals surface area contributed by atoms with Crippen LogP contribution in [0.4, 0.5) is 5.69 Å². The maximum absolute atomic E-state index is 10.6. The molecule has 0 atom stereocenters. The summed E-state index contributed by atoms with van der Waals surface area (Å²) in [7, 11) is -1.65. The van der Waals surface area contributed by atoms with Crippen molar-refractivity contribution in [2.45, 2.75) is 27.2 Å². The molecular formula is C15H24NOP. The van der Waals surface area contributed by atoms with Gasteiger partial charge in [-0.3, -0.25) is 0 Å². The largest absolute Gasteiger partial charge is 0.359 e. The van der Waals surface area contributed by atoms with E-state index in [0.717, 1.165) is 12.6 Å². The molecule has 18 heavy (non-hydrogen) atoms. The number of allylic oxidation sites excluding steroid dienone is 2. The normalized spacial score (nSPS) is 14.3. The van der Waals surface area contributed by atoms with Gasteiger partial charge >= 0.3 is 0 Å².